The van der Waals surface area contributed by atoms with Gasteiger partial charge in [-0.3, -0.25) is 0 Å². The standard InChI is InChI=1S/C28H31N5O4S/c1-3-18(2)38(34,35)23-10-8-21(9-11-23)25-16-31-28(29)27(32-25)26-14-24(33-37-26)20-6-4-19(5-7-20)15-30-22-12-13-36-17-22/h4-11,14,16,18,22,30H,3,12-13,15,17H2,1-2H3,(H2,29,31)/t18?,22-/m0/s1. The molecule has 5 rings (SSSR count). The van der Waals surface area contributed by atoms with E-state index in [4.69, 9.17) is 15.0 Å². The topological polar surface area (TPSA) is 133 Å². The van der Waals surface area contributed by atoms with Crippen LogP contribution in [0.2, 0.25) is 0 Å². The van der Waals surface area contributed by atoms with E-state index in [1.165, 1.54) is 5.56 Å². The summed E-state index contributed by atoms with van der Waals surface area (Å²) < 4.78 is 36.3. The van der Waals surface area contributed by atoms with Crippen LogP contribution in [0.15, 0.2) is 70.2 Å². The highest BCUT2D eigenvalue weighted by atomic mass is 32.2. The SMILES string of the molecule is CCC(C)S(=O)(=O)c1ccc(-c2cnc(N)c(-c3cc(-c4ccc(CN[C@H]5CCOC5)cc4)no3)n2)cc1. The summed E-state index contributed by atoms with van der Waals surface area (Å²) in [6.07, 6.45) is 3.14. The van der Waals surface area contributed by atoms with Crippen LogP contribution in [0.3, 0.4) is 0 Å². The first-order chi connectivity index (χ1) is 18.3. The second-order valence-electron chi connectivity index (χ2n) is 9.49. The van der Waals surface area contributed by atoms with Gasteiger partial charge in [0.15, 0.2) is 27.1 Å². The summed E-state index contributed by atoms with van der Waals surface area (Å²) in [4.78, 5) is 9.22. The smallest absolute Gasteiger partial charge is 0.189 e. The van der Waals surface area contributed by atoms with Crippen molar-refractivity contribution in [1.82, 2.24) is 20.4 Å². The number of nitrogens with zero attached hydrogens (tertiary/aromatic N) is 3. The summed E-state index contributed by atoms with van der Waals surface area (Å²) in [6.45, 7) is 5.93. The molecular weight excluding hydrogens is 502 g/mol. The van der Waals surface area contributed by atoms with Crippen LogP contribution in [0, 0.1) is 0 Å². The molecule has 1 aliphatic rings. The quantitative estimate of drug-likeness (QED) is 0.319. The molecule has 2 aromatic carbocycles. The Kier molecular flexibility index (Phi) is 7.55. The number of aromatic nitrogens is 3. The predicted molar refractivity (Wildman–Crippen MR) is 146 cm³/mol. The largest absolute Gasteiger partial charge is 0.382 e. The summed E-state index contributed by atoms with van der Waals surface area (Å²) in [5, 5.41) is 7.27. The Morgan fingerprint density at radius 2 is 1.79 bits per heavy atom. The lowest BCUT2D eigenvalue weighted by molar-refractivity contribution is 0.190. The van der Waals surface area contributed by atoms with Gasteiger partial charge in [-0.2, -0.15) is 0 Å². The molecule has 4 aromatic rings. The van der Waals surface area contributed by atoms with Crippen molar-refractivity contribution in [2.24, 2.45) is 0 Å². The van der Waals surface area contributed by atoms with Crippen LogP contribution in [0.5, 0.6) is 0 Å². The van der Waals surface area contributed by atoms with Gasteiger partial charge in [-0.15, -0.1) is 0 Å². The molecule has 0 spiro atoms. The minimum atomic E-state index is -3.37. The summed E-state index contributed by atoms with van der Waals surface area (Å²) >= 11 is 0. The number of hydrogen-bond donors (Lipinski definition) is 2. The molecule has 2 aromatic heterocycles. The molecule has 198 valence electrons. The van der Waals surface area contributed by atoms with E-state index in [1.54, 1.807) is 43.5 Å². The second kappa shape index (κ2) is 11.0. The maximum Gasteiger partial charge on any atom is 0.189 e. The fourth-order valence-electron chi connectivity index (χ4n) is 4.26. The number of nitrogen functional groups attached to an aromatic ring is 1. The molecule has 0 saturated carbocycles. The van der Waals surface area contributed by atoms with E-state index in [0.717, 1.165) is 37.3 Å². The van der Waals surface area contributed by atoms with Crippen molar-refractivity contribution < 1.29 is 17.7 Å². The lowest BCUT2D eigenvalue weighted by Gasteiger charge is -2.11. The van der Waals surface area contributed by atoms with Crippen molar-refractivity contribution in [3.8, 4) is 34.0 Å². The Bertz CT molecular complexity index is 1500. The average Bonchev–Trinajstić information content (AvgIpc) is 3.65. The number of nitrogens with two attached hydrogens (primary N) is 1. The number of benzene rings is 2. The van der Waals surface area contributed by atoms with Crippen LogP contribution in [-0.4, -0.2) is 48.0 Å². The Hall–Kier alpha value is -3.60. The zero-order valence-corrected chi connectivity index (χ0v) is 22.2. The zero-order chi connectivity index (χ0) is 26.7. The Morgan fingerprint density at radius 3 is 2.47 bits per heavy atom. The first kappa shape index (κ1) is 26.0. The minimum Gasteiger partial charge on any atom is -0.382 e. The van der Waals surface area contributed by atoms with Crippen molar-refractivity contribution in [2.45, 2.75) is 49.4 Å². The van der Waals surface area contributed by atoms with Crippen LogP contribution >= 0.6 is 0 Å². The van der Waals surface area contributed by atoms with Gasteiger partial charge in [0.2, 0.25) is 0 Å². The number of rotatable bonds is 9. The van der Waals surface area contributed by atoms with Crippen molar-refractivity contribution in [3.05, 3.63) is 66.4 Å². The summed E-state index contributed by atoms with van der Waals surface area (Å²) in [7, 11) is -3.37. The van der Waals surface area contributed by atoms with E-state index < -0.39 is 15.1 Å². The molecule has 9 nitrogen and oxygen atoms in total. The average molecular weight is 534 g/mol. The van der Waals surface area contributed by atoms with E-state index >= 15 is 0 Å². The van der Waals surface area contributed by atoms with Crippen LogP contribution in [0.4, 0.5) is 5.82 Å². The maximum atomic E-state index is 12.6. The first-order valence-corrected chi connectivity index (χ1v) is 14.2. The molecule has 0 aliphatic carbocycles. The van der Waals surface area contributed by atoms with Crippen LogP contribution in [0.1, 0.15) is 32.3 Å². The summed E-state index contributed by atoms with van der Waals surface area (Å²) in [5.41, 5.74) is 10.5. The van der Waals surface area contributed by atoms with Crippen molar-refractivity contribution in [3.63, 3.8) is 0 Å². The highest BCUT2D eigenvalue weighted by molar-refractivity contribution is 7.92. The molecule has 3 N–H and O–H groups in total. The molecule has 1 fully saturated rings. The van der Waals surface area contributed by atoms with Gasteiger partial charge >= 0.3 is 0 Å². The molecular formula is C28H31N5O4S. The van der Waals surface area contributed by atoms with E-state index in [1.807, 2.05) is 19.1 Å². The number of ether oxygens (including phenoxy) is 1. The molecule has 38 heavy (non-hydrogen) atoms. The van der Waals surface area contributed by atoms with Crippen LogP contribution < -0.4 is 11.1 Å². The third-order valence-corrected chi connectivity index (χ3v) is 9.22. The fraction of sp³-hybridized carbons (Fsp3) is 0.321. The Morgan fingerprint density at radius 1 is 1.08 bits per heavy atom. The molecule has 0 amide bonds. The highest BCUT2D eigenvalue weighted by Gasteiger charge is 2.22. The van der Waals surface area contributed by atoms with Gasteiger partial charge in [0.25, 0.3) is 0 Å². The maximum absolute atomic E-state index is 12.6. The molecule has 1 aliphatic heterocycles. The third kappa shape index (κ3) is 5.47. The lowest BCUT2D eigenvalue weighted by atomic mass is 10.1. The normalized spacial score (nSPS) is 16.5. The zero-order valence-electron chi connectivity index (χ0n) is 21.4. The summed E-state index contributed by atoms with van der Waals surface area (Å²) in [6, 6.07) is 17.0. The highest BCUT2D eigenvalue weighted by Crippen LogP contribution is 2.30. The fourth-order valence-corrected chi connectivity index (χ4v) is 5.68. The number of sulfone groups is 1. The van der Waals surface area contributed by atoms with Gasteiger partial charge in [-0.1, -0.05) is 48.5 Å². The van der Waals surface area contributed by atoms with Gasteiger partial charge in [0.05, 0.1) is 28.6 Å². The molecule has 1 saturated heterocycles. The predicted octanol–water partition coefficient (Wildman–Crippen LogP) is 4.50. The third-order valence-electron chi connectivity index (χ3n) is 6.90. The molecule has 0 radical (unpaired) electrons. The van der Waals surface area contributed by atoms with E-state index in [9.17, 15) is 8.42 Å². The van der Waals surface area contributed by atoms with Crippen LogP contribution in [-0.2, 0) is 21.1 Å². The van der Waals surface area contributed by atoms with Gasteiger partial charge < -0.3 is 20.3 Å². The number of nitrogens with one attached hydrogen (secondary N) is 1. The number of anilines is 1. The lowest BCUT2D eigenvalue weighted by Crippen LogP contribution is -2.28. The van der Waals surface area contributed by atoms with Crippen molar-refractivity contribution in [2.75, 3.05) is 18.9 Å². The molecule has 3 heterocycles. The monoisotopic (exact) mass is 533 g/mol. The number of hydrogen-bond acceptors (Lipinski definition) is 9. The van der Waals surface area contributed by atoms with Crippen LogP contribution in [0.25, 0.3) is 34.0 Å². The Labute approximate surface area is 222 Å². The van der Waals surface area contributed by atoms with Gasteiger partial charge in [0, 0.05) is 36.4 Å². The molecule has 2 atom stereocenters. The van der Waals surface area contributed by atoms with Gasteiger partial charge in [-0.05, 0) is 37.5 Å². The van der Waals surface area contributed by atoms with Crippen molar-refractivity contribution in [1.29, 1.82) is 0 Å². The molecule has 0 bridgehead atoms. The minimum absolute atomic E-state index is 0.213. The first-order valence-electron chi connectivity index (χ1n) is 12.7. The van der Waals surface area contributed by atoms with E-state index in [0.29, 0.717) is 35.3 Å². The van der Waals surface area contributed by atoms with Crippen molar-refractivity contribution >= 4 is 15.7 Å². The summed E-state index contributed by atoms with van der Waals surface area (Å²) in [5.74, 6) is 0.611. The Balaban J connectivity index is 1.33. The van der Waals surface area contributed by atoms with E-state index in [2.05, 4.69) is 32.6 Å². The second-order valence-corrected chi connectivity index (χ2v) is 11.9. The van der Waals surface area contributed by atoms with Gasteiger partial charge in [-0.25, -0.2) is 18.4 Å². The molecule has 1 unspecified atom stereocenters. The van der Waals surface area contributed by atoms with Gasteiger partial charge in [0.1, 0.15) is 5.69 Å². The molecule has 10 heteroatoms. The van der Waals surface area contributed by atoms with E-state index in [-0.39, 0.29) is 10.7 Å².